The average Bonchev–Trinajstić information content (AvgIpc) is 3.05. The summed E-state index contributed by atoms with van der Waals surface area (Å²) >= 11 is 5.88. The molecule has 7 nitrogen and oxygen atoms in total. The molecule has 0 saturated carbocycles. The highest BCUT2D eigenvalue weighted by Crippen LogP contribution is 2.38. The molecule has 0 radical (unpaired) electrons. The number of amides is 2. The van der Waals surface area contributed by atoms with Gasteiger partial charge in [-0.05, 0) is 59.9 Å². The minimum Gasteiger partial charge on any atom is -0.354 e. The Hall–Kier alpha value is -4.35. The van der Waals surface area contributed by atoms with Crippen LogP contribution in [0.1, 0.15) is 36.1 Å². The lowest BCUT2D eigenvalue weighted by Crippen LogP contribution is -2.53. The molecule has 4 aromatic carbocycles. The molecule has 0 bridgehead atoms. The van der Waals surface area contributed by atoms with Crippen LogP contribution in [0.15, 0.2) is 108 Å². The van der Waals surface area contributed by atoms with E-state index in [2.05, 4.69) is 5.32 Å². The SMILES string of the molecule is Cc1ccccc1CN(C(=O)CN(c1ccc(Cl)c(C(F)(F)F)c1)S(=O)(=O)c1ccccc1)[C@H](Cc1ccccc1)C(=O)NCC(C)C. The zero-order valence-electron chi connectivity index (χ0n) is 26.7. The maximum absolute atomic E-state index is 14.5. The number of anilines is 1. The number of aryl methyl sites for hydroxylation is 1. The smallest absolute Gasteiger partial charge is 0.354 e. The van der Waals surface area contributed by atoms with E-state index in [0.29, 0.717) is 22.5 Å². The lowest BCUT2D eigenvalue weighted by molar-refractivity contribution is -0.140. The van der Waals surface area contributed by atoms with Crippen molar-refractivity contribution in [2.75, 3.05) is 17.4 Å². The molecule has 0 fully saturated rings. The van der Waals surface area contributed by atoms with E-state index in [-0.39, 0.29) is 23.8 Å². The molecule has 0 heterocycles. The standard InChI is InChI=1S/C36H37ClF3N3O4S/c1-25(2)22-41-35(45)33(20-27-13-6-4-7-14-27)42(23-28-15-11-10-12-26(28)3)34(44)24-43(48(46,47)30-16-8-5-9-17-30)29-18-19-32(37)31(21-29)36(38,39)40/h4-19,21,25,33H,20,22-24H2,1-3H3,(H,41,45)/t33-/m1/s1. The van der Waals surface area contributed by atoms with Crippen LogP contribution in [0, 0.1) is 12.8 Å². The van der Waals surface area contributed by atoms with Gasteiger partial charge in [-0.2, -0.15) is 13.2 Å². The third-order valence-corrected chi connectivity index (χ3v) is 9.83. The summed E-state index contributed by atoms with van der Waals surface area (Å²) in [5.74, 6) is -1.13. The first-order chi connectivity index (χ1) is 22.7. The quantitative estimate of drug-likeness (QED) is 0.159. The van der Waals surface area contributed by atoms with Gasteiger partial charge in [0, 0.05) is 19.5 Å². The molecule has 2 amide bonds. The van der Waals surface area contributed by atoms with Gasteiger partial charge in [0.2, 0.25) is 11.8 Å². The highest BCUT2D eigenvalue weighted by Gasteiger charge is 2.37. The third kappa shape index (κ3) is 9.17. The van der Waals surface area contributed by atoms with Crippen molar-refractivity contribution in [2.24, 2.45) is 5.92 Å². The van der Waals surface area contributed by atoms with Gasteiger partial charge in [0.15, 0.2) is 0 Å². The van der Waals surface area contributed by atoms with Gasteiger partial charge in [-0.15, -0.1) is 0 Å². The second-order valence-corrected chi connectivity index (χ2v) is 14.0. The van der Waals surface area contributed by atoms with E-state index >= 15 is 0 Å². The average molecular weight is 700 g/mol. The zero-order valence-corrected chi connectivity index (χ0v) is 28.3. The van der Waals surface area contributed by atoms with Crippen LogP contribution < -0.4 is 9.62 Å². The Balaban J connectivity index is 1.86. The van der Waals surface area contributed by atoms with Crippen molar-refractivity contribution < 1.29 is 31.2 Å². The molecule has 0 unspecified atom stereocenters. The molecule has 0 aliphatic rings. The summed E-state index contributed by atoms with van der Waals surface area (Å²) in [5, 5.41) is 2.28. The van der Waals surface area contributed by atoms with Crippen LogP contribution in [-0.2, 0) is 38.8 Å². The molecule has 12 heteroatoms. The van der Waals surface area contributed by atoms with Gasteiger partial charge in [0.25, 0.3) is 10.0 Å². The van der Waals surface area contributed by atoms with Crippen LogP contribution in [-0.4, -0.2) is 44.3 Å². The molecule has 4 aromatic rings. The fourth-order valence-corrected chi connectivity index (χ4v) is 6.73. The molecular weight excluding hydrogens is 663 g/mol. The summed E-state index contributed by atoms with van der Waals surface area (Å²) in [4.78, 5) is 29.5. The highest BCUT2D eigenvalue weighted by molar-refractivity contribution is 7.92. The Morgan fingerprint density at radius 3 is 2.08 bits per heavy atom. The van der Waals surface area contributed by atoms with Gasteiger partial charge in [-0.1, -0.05) is 98.2 Å². The molecule has 0 saturated heterocycles. The van der Waals surface area contributed by atoms with Crippen LogP contribution >= 0.6 is 11.6 Å². The molecule has 48 heavy (non-hydrogen) atoms. The second kappa shape index (κ2) is 15.7. The molecule has 254 valence electrons. The van der Waals surface area contributed by atoms with Gasteiger partial charge >= 0.3 is 6.18 Å². The molecule has 4 rings (SSSR count). The summed E-state index contributed by atoms with van der Waals surface area (Å²) in [6, 6.07) is 25.0. The Morgan fingerprint density at radius 1 is 0.875 bits per heavy atom. The number of nitrogens with zero attached hydrogens (tertiary/aromatic N) is 2. The first-order valence-corrected chi connectivity index (χ1v) is 17.1. The lowest BCUT2D eigenvalue weighted by atomic mass is 10.0. The van der Waals surface area contributed by atoms with Crippen molar-refractivity contribution in [1.82, 2.24) is 10.2 Å². The van der Waals surface area contributed by atoms with Crippen LogP contribution in [0.3, 0.4) is 0 Å². The number of halogens is 4. The first kappa shape index (κ1) is 36.5. The van der Waals surface area contributed by atoms with Crippen LogP contribution in [0.5, 0.6) is 0 Å². The Bertz CT molecular complexity index is 1820. The van der Waals surface area contributed by atoms with E-state index < -0.39 is 56.9 Å². The second-order valence-electron chi connectivity index (χ2n) is 11.8. The maximum Gasteiger partial charge on any atom is 0.417 e. The molecule has 0 aliphatic heterocycles. The number of carbonyl (C=O) groups excluding carboxylic acids is 2. The van der Waals surface area contributed by atoms with Crippen molar-refractivity contribution in [3.63, 3.8) is 0 Å². The Labute approximate surface area is 284 Å². The van der Waals surface area contributed by atoms with Gasteiger partial charge in [-0.25, -0.2) is 8.42 Å². The van der Waals surface area contributed by atoms with E-state index in [1.807, 2.05) is 51.1 Å². The normalized spacial score (nSPS) is 12.4. The summed E-state index contributed by atoms with van der Waals surface area (Å²) in [5.41, 5.74) is 0.630. The lowest BCUT2D eigenvalue weighted by Gasteiger charge is -2.34. The van der Waals surface area contributed by atoms with Crippen molar-refractivity contribution >= 4 is 39.1 Å². The Kier molecular flexibility index (Phi) is 11.9. The number of rotatable bonds is 13. The number of alkyl halides is 3. The predicted octanol–water partition coefficient (Wildman–Crippen LogP) is 7.27. The van der Waals surface area contributed by atoms with E-state index in [1.165, 1.54) is 29.2 Å². The predicted molar refractivity (Wildman–Crippen MR) is 181 cm³/mol. The minimum absolute atomic E-state index is 0.0637. The number of nitrogens with one attached hydrogen (secondary N) is 1. The summed E-state index contributed by atoms with van der Waals surface area (Å²) in [6.45, 7) is 5.07. The highest BCUT2D eigenvalue weighted by atomic mass is 35.5. The number of benzene rings is 4. The van der Waals surface area contributed by atoms with Crippen molar-refractivity contribution in [3.05, 3.63) is 130 Å². The van der Waals surface area contributed by atoms with E-state index in [1.54, 1.807) is 30.3 Å². The maximum atomic E-state index is 14.5. The van der Waals surface area contributed by atoms with Gasteiger partial charge in [0.05, 0.1) is 21.2 Å². The minimum atomic E-state index is -4.90. The van der Waals surface area contributed by atoms with Crippen molar-refractivity contribution in [2.45, 2.75) is 50.9 Å². The molecule has 0 spiro atoms. The summed E-state index contributed by atoms with van der Waals surface area (Å²) < 4.78 is 70.6. The molecule has 1 N–H and O–H groups in total. The van der Waals surface area contributed by atoms with E-state index in [4.69, 9.17) is 11.6 Å². The molecule has 0 aromatic heterocycles. The number of sulfonamides is 1. The van der Waals surface area contributed by atoms with Crippen molar-refractivity contribution in [1.29, 1.82) is 0 Å². The fraction of sp³-hybridized carbons (Fsp3) is 0.278. The van der Waals surface area contributed by atoms with E-state index in [0.717, 1.165) is 23.3 Å². The summed E-state index contributed by atoms with van der Waals surface area (Å²) in [6.07, 6.45) is -4.79. The van der Waals surface area contributed by atoms with Crippen LogP contribution in [0.2, 0.25) is 5.02 Å². The fourth-order valence-electron chi connectivity index (χ4n) is 5.08. The van der Waals surface area contributed by atoms with E-state index in [9.17, 15) is 31.2 Å². The third-order valence-electron chi connectivity index (χ3n) is 7.71. The monoisotopic (exact) mass is 699 g/mol. The number of carbonyl (C=O) groups is 2. The van der Waals surface area contributed by atoms with Gasteiger partial charge < -0.3 is 10.2 Å². The van der Waals surface area contributed by atoms with Crippen LogP contribution in [0.4, 0.5) is 18.9 Å². The van der Waals surface area contributed by atoms with Crippen LogP contribution in [0.25, 0.3) is 0 Å². The number of hydrogen-bond acceptors (Lipinski definition) is 4. The molecular formula is C36H37ClF3N3O4S. The largest absolute Gasteiger partial charge is 0.417 e. The Morgan fingerprint density at radius 2 is 1.48 bits per heavy atom. The van der Waals surface area contributed by atoms with Gasteiger partial charge in [-0.3, -0.25) is 13.9 Å². The van der Waals surface area contributed by atoms with Gasteiger partial charge in [0.1, 0.15) is 12.6 Å². The topological polar surface area (TPSA) is 86.8 Å². The molecule has 0 aliphatic carbocycles. The number of hydrogen-bond donors (Lipinski definition) is 1. The first-order valence-electron chi connectivity index (χ1n) is 15.3. The van der Waals surface area contributed by atoms with Crippen molar-refractivity contribution in [3.8, 4) is 0 Å². The zero-order chi connectivity index (χ0) is 35.1. The summed E-state index contributed by atoms with van der Waals surface area (Å²) in [7, 11) is -4.59. The molecule has 1 atom stereocenters.